The fourth-order valence-corrected chi connectivity index (χ4v) is 4.24. The van der Waals surface area contributed by atoms with Gasteiger partial charge in [0.1, 0.15) is 5.82 Å². The normalized spacial score (nSPS) is 18.3. The number of para-hydroxylation sites is 1. The highest BCUT2D eigenvalue weighted by Gasteiger charge is 2.26. The number of carbonyl (C=O) groups is 1. The summed E-state index contributed by atoms with van der Waals surface area (Å²) in [7, 11) is 1.60. The van der Waals surface area contributed by atoms with Crippen molar-refractivity contribution in [3.05, 3.63) is 46.4 Å². The lowest BCUT2D eigenvalue weighted by molar-refractivity contribution is 0.0952. The summed E-state index contributed by atoms with van der Waals surface area (Å²) in [5, 5.41) is 9.92. The third kappa shape index (κ3) is 4.05. The van der Waals surface area contributed by atoms with Gasteiger partial charge in [-0.15, -0.1) is 0 Å². The van der Waals surface area contributed by atoms with Crippen LogP contribution < -0.4 is 20.9 Å². The monoisotopic (exact) mass is 394 g/mol. The second-order valence-corrected chi connectivity index (χ2v) is 7.95. The van der Waals surface area contributed by atoms with Crippen molar-refractivity contribution >= 4 is 17.4 Å². The first-order valence-corrected chi connectivity index (χ1v) is 10.5. The molecule has 0 spiro atoms. The highest BCUT2D eigenvalue weighted by Crippen LogP contribution is 2.27. The van der Waals surface area contributed by atoms with E-state index >= 15 is 0 Å². The maximum absolute atomic E-state index is 12.0. The number of hydrogen-bond acceptors (Lipinski definition) is 6. The topological polar surface area (TPSA) is 82.2 Å². The van der Waals surface area contributed by atoms with Crippen LogP contribution in [0.5, 0.6) is 0 Å². The average molecular weight is 395 g/mol. The smallest absolute Gasteiger partial charge is 0.288 e. The molecule has 4 rings (SSSR count). The predicted molar refractivity (Wildman–Crippen MR) is 116 cm³/mol. The van der Waals surface area contributed by atoms with E-state index in [0.29, 0.717) is 6.04 Å². The third-order valence-electron chi connectivity index (χ3n) is 6.02. The van der Waals surface area contributed by atoms with Crippen molar-refractivity contribution in [2.45, 2.75) is 45.7 Å². The maximum atomic E-state index is 12.0. The summed E-state index contributed by atoms with van der Waals surface area (Å²) < 4.78 is 0. The maximum Gasteiger partial charge on any atom is 0.288 e. The van der Waals surface area contributed by atoms with E-state index in [1.165, 1.54) is 23.2 Å². The van der Waals surface area contributed by atoms with Crippen molar-refractivity contribution in [1.29, 1.82) is 0 Å². The van der Waals surface area contributed by atoms with Gasteiger partial charge in [-0.3, -0.25) is 4.79 Å². The molecule has 2 aromatic rings. The van der Waals surface area contributed by atoms with Crippen LogP contribution in [0.1, 0.15) is 45.8 Å². The molecule has 0 unspecified atom stereocenters. The molecule has 3 N–H and O–H groups in total. The standard InChI is InChI=1S/C22H30N6O/c1-14-15(2)26-20(22(29)23-3)27-21(14)28-11-9-18(13-28)25-12-17-7-4-6-16-8-5-10-24-19(16)17/h4,6-7,18,24-25H,5,8-13H2,1-3H3,(H,23,29)/t18-/m1/s1. The Hall–Kier alpha value is -2.67. The fraction of sp³-hybridized carbons (Fsp3) is 0.500. The molecule has 2 aliphatic rings. The van der Waals surface area contributed by atoms with Gasteiger partial charge in [-0.05, 0) is 44.2 Å². The zero-order chi connectivity index (χ0) is 20.4. The Morgan fingerprint density at radius 3 is 3.00 bits per heavy atom. The Kier molecular flexibility index (Phi) is 5.67. The highest BCUT2D eigenvalue weighted by molar-refractivity contribution is 5.90. The quantitative estimate of drug-likeness (QED) is 0.721. The van der Waals surface area contributed by atoms with Crippen LogP contribution in [0, 0.1) is 13.8 Å². The number of aromatic nitrogens is 2. The molecule has 29 heavy (non-hydrogen) atoms. The van der Waals surface area contributed by atoms with Gasteiger partial charge in [-0.2, -0.15) is 0 Å². The van der Waals surface area contributed by atoms with Crippen LogP contribution in [0.25, 0.3) is 0 Å². The van der Waals surface area contributed by atoms with Crippen molar-refractivity contribution in [2.75, 3.05) is 36.9 Å². The number of aryl methyl sites for hydroxylation is 2. The number of carbonyl (C=O) groups excluding carboxylic acids is 1. The van der Waals surface area contributed by atoms with Crippen molar-refractivity contribution in [3.63, 3.8) is 0 Å². The number of benzene rings is 1. The molecule has 1 aromatic heterocycles. The van der Waals surface area contributed by atoms with Crippen LogP contribution in [0.2, 0.25) is 0 Å². The summed E-state index contributed by atoms with van der Waals surface area (Å²) in [4.78, 5) is 23.2. The van der Waals surface area contributed by atoms with Gasteiger partial charge in [0.05, 0.1) is 0 Å². The zero-order valence-electron chi connectivity index (χ0n) is 17.5. The van der Waals surface area contributed by atoms with E-state index in [9.17, 15) is 4.79 Å². The van der Waals surface area contributed by atoms with Crippen LogP contribution in [0.4, 0.5) is 11.5 Å². The summed E-state index contributed by atoms with van der Waals surface area (Å²) in [5.41, 5.74) is 5.99. The van der Waals surface area contributed by atoms with Crippen molar-refractivity contribution in [1.82, 2.24) is 20.6 Å². The average Bonchev–Trinajstić information content (AvgIpc) is 3.22. The zero-order valence-corrected chi connectivity index (χ0v) is 17.5. The van der Waals surface area contributed by atoms with Crippen LogP contribution in [-0.2, 0) is 13.0 Å². The van der Waals surface area contributed by atoms with Crippen LogP contribution >= 0.6 is 0 Å². The van der Waals surface area contributed by atoms with Gasteiger partial charge in [0.25, 0.3) is 5.91 Å². The number of fused-ring (bicyclic) bond motifs is 1. The first-order chi connectivity index (χ1) is 14.1. The number of amides is 1. The molecule has 1 atom stereocenters. The lowest BCUT2D eigenvalue weighted by atomic mass is 9.99. The summed E-state index contributed by atoms with van der Waals surface area (Å²) in [6, 6.07) is 7.00. The summed E-state index contributed by atoms with van der Waals surface area (Å²) >= 11 is 0. The van der Waals surface area contributed by atoms with E-state index in [-0.39, 0.29) is 11.7 Å². The van der Waals surface area contributed by atoms with E-state index in [0.717, 1.165) is 56.1 Å². The van der Waals surface area contributed by atoms with Crippen molar-refractivity contribution in [3.8, 4) is 0 Å². The van der Waals surface area contributed by atoms with Gasteiger partial charge >= 0.3 is 0 Å². The molecule has 7 heteroatoms. The molecule has 2 aliphatic heterocycles. The van der Waals surface area contributed by atoms with Crippen molar-refractivity contribution in [2.24, 2.45) is 0 Å². The minimum atomic E-state index is -0.246. The number of nitrogens with one attached hydrogen (secondary N) is 3. The Labute approximate surface area is 172 Å². The number of anilines is 2. The lowest BCUT2D eigenvalue weighted by Gasteiger charge is -2.23. The molecule has 1 saturated heterocycles. The van der Waals surface area contributed by atoms with E-state index < -0.39 is 0 Å². The van der Waals surface area contributed by atoms with Gasteiger partial charge in [0.15, 0.2) is 0 Å². The van der Waals surface area contributed by atoms with E-state index in [2.05, 4.69) is 49.0 Å². The van der Waals surface area contributed by atoms with Gasteiger partial charge in [0, 0.05) is 56.2 Å². The third-order valence-corrected chi connectivity index (χ3v) is 6.02. The minimum Gasteiger partial charge on any atom is -0.385 e. The molecular weight excluding hydrogens is 364 g/mol. The van der Waals surface area contributed by atoms with E-state index in [1.807, 2.05) is 13.8 Å². The number of hydrogen-bond donors (Lipinski definition) is 3. The predicted octanol–water partition coefficient (Wildman–Crippen LogP) is 2.18. The van der Waals surface area contributed by atoms with Gasteiger partial charge < -0.3 is 20.9 Å². The molecule has 1 fully saturated rings. The summed E-state index contributed by atoms with van der Waals surface area (Å²) in [6.07, 6.45) is 3.42. The first kappa shape index (κ1) is 19.6. The first-order valence-electron chi connectivity index (χ1n) is 10.5. The number of rotatable bonds is 5. The molecule has 0 aliphatic carbocycles. The van der Waals surface area contributed by atoms with Gasteiger partial charge in [-0.25, -0.2) is 9.97 Å². The number of nitrogens with zero attached hydrogens (tertiary/aromatic N) is 3. The Balaban J connectivity index is 1.44. The fourth-order valence-electron chi connectivity index (χ4n) is 4.24. The second-order valence-electron chi connectivity index (χ2n) is 7.95. The van der Waals surface area contributed by atoms with Crippen molar-refractivity contribution < 1.29 is 4.79 Å². The largest absolute Gasteiger partial charge is 0.385 e. The van der Waals surface area contributed by atoms with Gasteiger partial charge in [0.2, 0.25) is 5.82 Å². The molecule has 0 bridgehead atoms. The highest BCUT2D eigenvalue weighted by atomic mass is 16.2. The molecule has 3 heterocycles. The van der Waals surface area contributed by atoms with Crippen LogP contribution in [0.3, 0.4) is 0 Å². The second kappa shape index (κ2) is 8.37. The van der Waals surface area contributed by atoms with Crippen LogP contribution in [-0.4, -0.2) is 48.6 Å². The lowest BCUT2D eigenvalue weighted by Crippen LogP contribution is -2.33. The Morgan fingerprint density at radius 1 is 1.31 bits per heavy atom. The SMILES string of the molecule is CNC(=O)c1nc(C)c(C)c(N2CC[C@@H](NCc3cccc4c3NCCC4)C2)n1. The van der Waals surface area contributed by atoms with Crippen LogP contribution in [0.15, 0.2) is 18.2 Å². The molecule has 7 nitrogen and oxygen atoms in total. The molecule has 0 radical (unpaired) electrons. The molecule has 154 valence electrons. The summed E-state index contributed by atoms with van der Waals surface area (Å²) in [6.45, 7) is 7.69. The Morgan fingerprint density at radius 2 is 2.17 bits per heavy atom. The Bertz CT molecular complexity index is 912. The molecule has 1 aromatic carbocycles. The van der Waals surface area contributed by atoms with E-state index in [1.54, 1.807) is 7.05 Å². The minimum absolute atomic E-state index is 0.240. The summed E-state index contributed by atoms with van der Waals surface area (Å²) in [5.74, 6) is 0.868. The molecule has 0 saturated carbocycles. The molecular formula is C22H30N6O. The molecule has 1 amide bonds. The van der Waals surface area contributed by atoms with E-state index in [4.69, 9.17) is 0 Å². The van der Waals surface area contributed by atoms with Gasteiger partial charge in [-0.1, -0.05) is 18.2 Å².